The number of carbonyl (C=O) groups excluding carboxylic acids is 2. The molecule has 0 saturated carbocycles. The molecule has 1 aliphatic heterocycles. The van der Waals surface area contributed by atoms with E-state index in [9.17, 15) is 9.59 Å². The normalized spacial score (nSPS) is 23.7. The average Bonchev–Trinajstić information content (AvgIpc) is 2.55. The maximum atomic E-state index is 11.5. The molecule has 0 aromatic rings. The Hall–Kier alpha value is -1.12. The van der Waals surface area contributed by atoms with Crippen LogP contribution in [0.25, 0.3) is 0 Å². The molecule has 1 rings (SSSR count). The second kappa shape index (κ2) is 6.88. The largest absolute Gasteiger partial charge is 0.393 e. The Morgan fingerprint density at radius 1 is 1.26 bits per heavy atom. The summed E-state index contributed by atoms with van der Waals surface area (Å²) >= 11 is 0. The van der Waals surface area contributed by atoms with Crippen LogP contribution >= 0.6 is 0 Å². The van der Waals surface area contributed by atoms with Gasteiger partial charge >= 0.3 is 11.9 Å². The standard InChI is InChI=1S/C16H26O3/c1-10(2)6-11(3)7-12(4)8-13(5)14-9-15(17)19-16(14)18/h8,10-12,14H,6-7,9H2,1-5H3/b13-8+/t11-,12-,14-/m1/s1. The van der Waals surface area contributed by atoms with Crippen LogP contribution in [0.1, 0.15) is 53.9 Å². The van der Waals surface area contributed by atoms with Gasteiger partial charge in [0.05, 0.1) is 12.3 Å². The minimum atomic E-state index is -0.399. The maximum Gasteiger partial charge on any atom is 0.321 e. The Morgan fingerprint density at radius 2 is 1.89 bits per heavy atom. The van der Waals surface area contributed by atoms with Gasteiger partial charge in [-0.3, -0.25) is 9.59 Å². The molecule has 0 aromatic carbocycles. The lowest BCUT2D eigenvalue weighted by Gasteiger charge is -2.17. The molecule has 19 heavy (non-hydrogen) atoms. The van der Waals surface area contributed by atoms with Crippen molar-refractivity contribution < 1.29 is 14.3 Å². The van der Waals surface area contributed by atoms with Crippen LogP contribution < -0.4 is 0 Å². The molecule has 0 amide bonds. The van der Waals surface area contributed by atoms with Gasteiger partial charge in [0.25, 0.3) is 0 Å². The van der Waals surface area contributed by atoms with Crippen molar-refractivity contribution in [3.63, 3.8) is 0 Å². The molecule has 1 fully saturated rings. The Labute approximate surface area is 116 Å². The van der Waals surface area contributed by atoms with E-state index in [0.29, 0.717) is 11.8 Å². The monoisotopic (exact) mass is 266 g/mol. The average molecular weight is 266 g/mol. The van der Waals surface area contributed by atoms with Gasteiger partial charge in [-0.1, -0.05) is 39.3 Å². The van der Waals surface area contributed by atoms with Crippen LogP contribution in [-0.2, 0) is 14.3 Å². The van der Waals surface area contributed by atoms with Crippen LogP contribution in [0.2, 0.25) is 0 Å². The van der Waals surface area contributed by atoms with Gasteiger partial charge < -0.3 is 4.74 Å². The fourth-order valence-corrected chi connectivity index (χ4v) is 2.99. The first-order chi connectivity index (χ1) is 8.79. The van der Waals surface area contributed by atoms with Gasteiger partial charge in [0, 0.05) is 0 Å². The number of carbonyl (C=O) groups is 2. The molecule has 0 aromatic heterocycles. The van der Waals surface area contributed by atoms with E-state index in [2.05, 4.69) is 38.5 Å². The molecule has 108 valence electrons. The Morgan fingerprint density at radius 3 is 2.37 bits per heavy atom. The van der Waals surface area contributed by atoms with Crippen molar-refractivity contribution in [3.8, 4) is 0 Å². The van der Waals surface area contributed by atoms with Crippen molar-refractivity contribution in [2.75, 3.05) is 0 Å². The van der Waals surface area contributed by atoms with E-state index in [0.717, 1.165) is 17.9 Å². The second-order valence-electron chi connectivity index (χ2n) is 6.41. The third-order valence-electron chi connectivity index (χ3n) is 3.61. The van der Waals surface area contributed by atoms with E-state index in [1.807, 2.05) is 6.92 Å². The first-order valence-corrected chi connectivity index (χ1v) is 7.22. The summed E-state index contributed by atoms with van der Waals surface area (Å²) in [6.07, 6.45) is 4.67. The summed E-state index contributed by atoms with van der Waals surface area (Å²) in [5, 5.41) is 0. The van der Waals surface area contributed by atoms with Gasteiger partial charge in [-0.2, -0.15) is 0 Å². The summed E-state index contributed by atoms with van der Waals surface area (Å²) in [5.41, 5.74) is 0.972. The third-order valence-corrected chi connectivity index (χ3v) is 3.61. The first-order valence-electron chi connectivity index (χ1n) is 7.22. The van der Waals surface area contributed by atoms with Gasteiger partial charge in [-0.05, 0) is 37.5 Å². The molecule has 0 N–H and O–H groups in total. The zero-order chi connectivity index (χ0) is 14.6. The molecule has 0 unspecified atom stereocenters. The van der Waals surface area contributed by atoms with Crippen molar-refractivity contribution in [1.82, 2.24) is 0 Å². The van der Waals surface area contributed by atoms with Crippen molar-refractivity contribution in [1.29, 1.82) is 0 Å². The van der Waals surface area contributed by atoms with E-state index < -0.39 is 5.97 Å². The maximum absolute atomic E-state index is 11.5. The summed E-state index contributed by atoms with van der Waals surface area (Å²) in [4.78, 5) is 22.6. The molecule has 1 saturated heterocycles. The van der Waals surface area contributed by atoms with E-state index >= 15 is 0 Å². The van der Waals surface area contributed by atoms with E-state index in [1.54, 1.807) is 0 Å². The van der Waals surface area contributed by atoms with Gasteiger partial charge in [-0.15, -0.1) is 0 Å². The summed E-state index contributed by atoms with van der Waals surface area (Å²) in [6, 6.07) is 0. The number of cyclic esters (lactones) is 2. The smallest absolute Gasteiger partial charge is 0.321 e. The summed E-state index contributed by atoms with van der Waals surface area (Å²) in [6.45, 7) is 10.8. The Bertz CT molecular complexity index is 368. The summed E-state index contributed by atoms with van der Waals surface area (Å²) in [5.74, 6) is 0.684. The van der Waals surface area contributed by atoms with E-state index in [-0.39, 0.29) is 18.3 Å². The highest BCUT2D eigenvalue weighted by Crippen LogP contribution is 2.27. The number of hydrogen-bond acceptors (Lipinski definition) is 3. The van der Waals surface area contributed by atoms with Gasteiger partial charge in [0.15, 0.2) is 0 Å². The first kappa shape index (κ1) is 15.9. The quantitative estimate of drug-likeness (QED) is 0.418. The second-order valence-corrected chi connectivity index (χ2v) is 6.41. The molecule has 3 heteroatoms. The molecule has 0 radical (unpaired) electrons. The third kappa shape index (κ3) is 5.17. The minimum Gasteiger partial charge on any atom is -0.393 e. The number of rotatable bonds is 6. The molecule has 0 spiro atoms. The number of allylic oxidation sites excluding steroid dienone is 1. The highest BCUT2D eigenvalue weighted by atomic mass is 16.6. The van der Waals surface area contributed by atoms with Crippen molar-refractivity contribution in [3.05, 3.63) is 11.6 Å². The van der Waals surface area contributed by atoms with Crippen molar-refractivity contribution >= 4 is 11.9 Å². The predicted octanol–water partition coefficient (Wildman–Crippen LogP) is 3.73. The van der Waals surface area contributed by atoms with Crippen LogP contribution in [-0.4, -0.2) is 11.9 Å². The molecule has 1 heterocycles. The molecule has 0 aliphatic carbocycles. The highest BCUT2D eigenvalue weighted by Gasteiger charge is 2.34. The zero-order valence-electron chi connectivity index (χ0n) is 12.7. The zero-order valence-corrected chi connectivity index (χ0v) is 12.7. The topological polar surface area (TPSA) is 43.4 Å². The van der Waals surface area contributed by atoms with Crippen molar-refractivity contribution in [2.45, 2.75) is 53.9 Å². The molecule has 3 nitrogen and oxygen atoms in total. The van der Waals surface area contributed by atoms with Crippen LogP contribution in [0.4, 0.5) is 0 Å². The lowest BCUT2D eigenvalue weighted by atomic mass is 9.87. The van der Waals surface area contributed by atoms with Crippen LogP contribution in [0, 0.1) is 23.7 Å². The summed E-state index contributed by atoms with van der Waals surface area (Å²) < 4.78 is 4.59. The van der Waals surface area contributed by atoms with E-state index in [1.165, 1.54) is 6.42 Å². The fourth-order valence-electron chi connectivity index (χ4n) is 2.99. The number of esters is 2. The summed E-state index contributed by atoms with van der Waals surface area (Å²) in [7, 11) is 0. The van der Waals surface area contributed by atoms with Gasteiger partial charge in [-0.25, -0.2) is 0 Å². The van der Waals surface area contributed by atoms with Crippen molar-refractivity contribution in [2.24, 2.45) is 23.7 Å². The fraction of sp³-hybridized carbons (Fsp3) is 0.750. The number of ether oxygens (including phenoxy) is 1. The van der Waals surface area contributed by atoms with E-state index in [4.69, 9.17) is 0 Å². The van der Waals surface area contributed by atoms with Crippen LogP contribution in [0.3, 0.4) is 0 Å². The van der Waals surface area contributed by atoms with Gasteiger partial charge in [0.2, 0.25) is 0 Å². The van der Waals surface area contributed by atoms with Crippen LogP contribution in [0.15, 0.2) is 11.6 Å². The highest BCUT2D eigenvalue weighted by molar-refractivity contribution is 5.96. The molecule has 3 atom stereocenters. The lowest BCUT2D eigenvalue weighted by Crippen LogP contribution is -2.11. The number of hydrogen-bond donors (Lipinski definition) is 0. The Balaban J connectivity index is 2.53. The molecular formula is C16H26O3. The SMILES string of the molecule is C/C(=C\[C@H](C)C[C@H](C)CC(C)C)[C@H]1CC(=O)OC1=O. The van der Waals surface area contributed by atoms with Crippen LogP contribution in [0.5, 0.6) is 0 Å². The lowest BCUT2D eigenvalue weighted by molar-refractivity contribution is -0.152. The molecule has 0 bridgehead atoms. The Kier molecular flexibility index (Phi) is 5.77. The molecule has 1 aliphatic rings. The van der Waals surface area contributed by atoms with Gasteiger partial charge in [0.1, 0.15) is 0 Å². The molecular weight excluding hydrogens is 240 g/mol. The minimum absolute atomic E-state index is 0.204. The predicted molar refractivity (Wildman–Crippen MR) is 75.4 cm³/mol.